The van der Waals surface area contributed by atoms with Crippen LogP contribution >= 0.6 is 0 Å². The molecule has 3 aliphatic rings. The number of anilines is 3. The fraction of sp³-hybridized carbons (Fsp3) is 0.153. The lowest BCUT2D eigenvalue weighted by Gasteiger charge is -2.35. The van der Waals surface area contributed by atoms with Gasteiger partial charge >= 0.3 is 0 Å². The number of nitrogens with zero attached hydrogens (tertiary/aromatic N) is 2. The fourth-order valence-corrected chi connectivity index (χ4v) is 15.6. The van der Waals surface area contributed by atoms with Gasteiger partial charge in [0.1, 0.15) is 0 Å². The van der Waals surface area contributed by atoms with E-state index in [2.05, 4.69) is 301 Å². The Bertz CT molecular complexity index is 4470. The van der Waals surface area contributed by atoms with Gasteiger partial charge in [0.05, 0.1) is 22.1 Å². The van der Waals surface area contributed by atoms with Crippen LogP contribution in [0.15, 0.2) is 291 Å². The molecule has 87 heavy (non-hydrogen) atoms. The third-order valence-corrected chi connectivity index (χ3v) is 19.9. The van der Waals surface area contributed by atoms with E-state index in [-0.39, 0.29) is 0 Å². The van der Waals surface area contributed by atoms with Crippen LogP contribution in [0.1, 0.15) is 109 Å². The summed E-state index contributed by atoms with van der Waals surface area (Å²) in [5.41, 5.74) is 26.8. The molecule has 0 amide bonds. The molecule has 13 aromatic rings. The van der Waals surface area contributed by atoms with Crippen molar-refractivity contribution in [3.63, 3.8) is 0 Å². The van der Waals surface area contributed by atoms with Crippen molar-refractivity contribution >= 4 is 38.9 Å². The summed E-state index contributed by atoms with van der Waals surface area (Å²) in [7, 11) is 0. The van der Waals surface area contributed by atoms with Gasteiger partial charge in [-0.25, -0.2) is 0 Å². The van der Waals surface area contributed by atoms with Crippen molar-refractivity contribution in [2.75, 3.05) is 4.90 Å². The Morgan fingerprint density at radius 1 is 0.299 bits per heavy atom. The number of hydrogen-bond acceptors (Lipinski definition) is 1. The van der Waals surface area contributed by atoms with Crippen LogP contribution in [0, 0.1) is 0 Å². The van der Waals surface area contributed by atoms with Crippen LogP contribution in [-0.4, -0.2) is 4.57 Å². The molecule has 12 aromatic carbocycles. The Morgan fingerprint density at radius 3 is 1.25 bits per heavy atom. The molecule has 420 valence electrons. The monoisotopic (exact) mass is 1120 g/mol. The molecule has 1 aromatic heterocycles. The van der Waals surface area contributed by atoms with Gasteiger partial charge in [-0.2, -0.15) is 0 Å². The van der Waals surface area contributed by atoms with E-state index in [0.717, 1.165) is 28.2 Å². The van der Waals surface area contributed by atoms with Crippen molar-refractivity contribution in [3.8, 4) is 61.3 Å². The topological polar surface area (TPSA) is 8.17 Å². The van der Waals surface area contributed by atoms with Crippen LogP contribution in [0.4, 0.5) is 17.1 Å². The molecule has 0 aliphatic heterocycles. The Morgan fingerprint density at radius 2 is 0.713 bits per heavy atom. The van der Waals surface area contributed by atoms with Crippen LogP contribution in [-0.2, 0) is 5.41 Å². The summed E-state index contributed by atoms with van der Waals surface area (Å²) < 4.78 is 2.52. The molecular weight excluding hydrogens is 1050 g/mol. The van der Waals surface area contributed by atoms with Crippen LogP contribution in [0.25, 0.3) is 83.1 Å². The summed E-state index contributed by atoms with van der Waals surface area (Å²) in [6.07, 6.45) is 13.4. The third kappa shape index (κ3) is 9.42. The Labute approximate surface area is 512 Å². The second-order valence-corrected chi connectivity index (χ2v) is 24.8. The minimum absolute atomic E-state index is 0.537. The second-order valence-electron chi connectivity index (χ2n) is 24.8. The second kappa shape index (κ2) is 22.6. The quantitative estimate of drug-likeness (QED) is 0.118. The molecule has 2 heteroatoms. The Balaban J connectivity index is 0.751. The first kappa shape index (κ1) is 52.8. The summed E-state index contributed by atoms with van der Waals surface area (Å²) in [6, 6.07) is 110. The molecule has 0 bridgehead atoms. The maximum absolute atomic E-state index is 2.57. The molecular formula is C85H70N2. The molecule has 0 unspecified atom stereocenters. The Hall–Kier alpha value is -9.76. The molecule has 2 saturated carbocycles. The number of rotatable bonds is 12. The highest BCUT2D eigenvalue weighted by Crippen LogP contribution is 2.58. The molecule has 2 nitrogen and oxygen atoms in total. The highest BCUT2D eigenvalue weighted by molar-refractivity contribution is 6.10. The standard InChI is InChI=1S/C85H70N2/c1-6-20-59(21-7-1)62-38-40-67(41-39-62)75-30-17-19-33-82(75)86(74-52-53-77-76-31-16-18-32-80(76)85(81(77)58-74,70-26-12-4-13-27-70)71-28-14-5-15-29-71)72-48-42-65(43-49-72)63-34-36-64(37-35-63)66-44-50-73(51-45-66)87-83-54-46-68(60-22-8-2-9-23-60)56-78(83)79-57-69(47-55-84(79)87)61-24-10-3-11-25-61/h1,4-7,12-21,26-58,60-61H,2-3,8-11,22-25H2. The van der Waals surface area contributed by atoms with Crippen LogP contribution in [0.5, 0.6) is 0 Å². The minimum atomic E-state index is -0.537. The largest absolute Gasteiger partial charge is 0.310 e. The highest BCUT2D eigenvalue weighted by Gasteiger charge is 2.46. The highest BCUT2D eigenvalue weighted by atomic mass is 15.1. The van der Waals surface area contributed by atoms with Crippen LogP contribution in [0.3, 0.4) is 0 Å². The molecule has 0 atom stereocenters. The first-order chi connectivity index (χ1) is 43.1. The summed E-state index contributed by atoms with van der Waals surface area (Å²) in [6.45, 7) is 0. The van der Waals surface area contributed by atoms with E-state index in [0.29, 0.717) is 11.8 Å². The molecule has 2 fully saturated rings. The van der Waals surface area contributed by atoms with Gasteiger partial charge in [-0.1, -0.05) is 263 Å². The number of benzene rings is 12. The molecule has 0 saturated heterocycles. The number of aromatic nitrogens is 1. The zero-order valence-corrected chi connectivity index (χ0v) is 49.3. The SMILES string of the molecule is c1ccc(-c2ccc(-c3ccccc3N(c3ccc(-c4ccc(-c5ccc(-n6c7ccc(C8CCCCC8)cc7c7cc(C8CCCCC8)ccc76)cc5)cc4)cc3)c3ccc4c(c3)C(c3ccccc3)(c3ccccc3)c3ccccc3-4)cc2)cc1. The molecule has 16 rings (SSSR count). The first-order valence-corrected chi connectivity index (χ1v) is 31.9. The first-order valence-electron chi connectivity index (χ1n) is 31.9. The van der Waals surface area contributed by atoms with Gasteiger partial charge in [-0.15, -0.1) is 0 Å². The van der Waals surface area contributed by atoms with E-state index in [1.807, 2.05) is 0 Å². The minimum Gasteiger partial charge on any atom is -0.310 e. The van der Waals surface area contributed by atoms with Crippen molar-refractivity contribution in [2.24, 2.45) is 0 Å². The average molecular weight is 1120 g/mol. The van der Waals surface area contributed by atoms with Gasteiger partial charge < -0.3 is 9.47 Å². The predicted octanol–water partition coefficient (Wildman–Crippen LogP) is 23.4. The molecule has 1 heterocycles. The van der Waals surface area contributed by atoms with E-state index >= 15 is 0 Å². The Kier molecular flexibility index (Phi) is 13.7. The van der Waals surface area contributed by atoms with E-state index < -0.39 is 5.41 Å². The lowest BCUT2D eigenvalue weighted by Crippen LogP contribution is -2.28. The van der Waals surface area contributed by atoms with Crippen LogP contribution < -0.4 is 4.90 Å². The summed E-state index contributed by atoms with van der Waals surface area (Å²) >= 11 is 0. The van der Waals surface area contributed by atoms with Crippen molar-refractivity contribution in [1.29, 1.82) is 0 Å². The van der Waals surface area contributed by atoms with Gasteiger partial charge in [-0.05, 0) is 188 Å². The molecule has 0 N–H and O–H groups in total. The lowest BCUT2D eigenvalue weighted by atomic mass is 9.67. The van der Waals surface area contributed by atoms with Crippen LogP contribution in [0.2, 0.25) is 0 Å². The van der Waals surface area contributed by atoms with Gasteiger partial charge in [0.15, 0.2) is 0 Å². The van der Waals surface area contributed by atoms with Gasteiger partial charge in [0.25, 0.3) is 0 Å². The van der Waals surface area contributed by atoms with Crippen molar-refractivity contribution in [1.82, 2.24) is 4.57 Å². The average Bonchev–Trinajstić information content (AvgIpc) is 1.59. The van der Waals surface area contributed by atoms with Crippen molar-refractivity contribution in [3.05, 3.63) is 325 Å². The van der Waals surface area contributed by atoms with E-state index in [9.17, 15) is 0 Å². The summed E-state index contributed by atoms with van der Waals surface area (Å²) in [4.78, 5) is 2.48. The fourth-order valence-electron chi connectivity index (χ4n) is 15.6. The smallest absolute Gasteiger partial charge is 0.0714 e. The zero-order chi connectivity index (χ0) is 57.7. The molecule has 3 aliphatic carbocycles. The third-order valence-electron chi connectivity index (χ3n) is 19.9. The normalized spacial score (nSPS) is 14.9. The van der Waals surface area contributed by atoms with E-state index in [1.54, 1.807) is 0 Å². The predicted molar refractivity (Wildman–Crippen MR) is 366 cm³/mol. The number of fused-ring (bicyclic) bond motifs is 6. The number of hydrogen-bond donors (Lipinski definition) is 0. The van der Waals surface area contributed by atoms with Gasteiger partial charge in [0, 0.05) is 33.4 Å². The maximum atomic E-state index is 2.57. The van der Waals surface area contributed by atoms with Crippen molar-refractivity contribution in [2.45, 2.75) is 81.5 Å². The maximum Gasteiger partial charge on any atom is 0.0714 e. The molecule has 0 radical (unpaired) electrons. The number of para-hydroxylation sites is 1. The summed E-state index contributed by atoms with van der Waals surface area (Å²) in [5.74, 6) is 1.34. The van der Waals surface area contributed by atoms with E-state index in [1.165, 1.54) is 170 Å². The van der Waals surface area contributed by atoms with Crippen molar-refractivity contribution < 1.29 is 0 Å². The lowest BCUT2D eigenvalue weighted by molar-refractivity contribution is 0.444. The summed E-state index contributed by atoms with van der Waals surface area (Å²) in [5, 5.41) is 2.81. The van der Waals surface area contributed by atoms with Gasteiger partial charge in [-0.3, -0.25) is 0 Å². The molecule has 0 spiro atoms. The van der Waals surface area contributed by atoms with Gasteiger partial charge in [0.2, 0.25) is 0 Å². The zero-order valence-electron chi connectivity index (χ0n) is 49.3. The van der Waals surface area contributed by atoms with E-state index in [4.69, 9.17) is 0 Å².